The summed E-state index contributed by atoms with van der Waals surface area (Å²) >= 11 is 1.75. The molecule has 3 saturated carbocycles. The van der Waals surface area contributed by atoms with Crippen LogP contribution in [0.2, 0.25) is 0 Å². The zero-order chi connectivity index (χ0) is 33.4. The topological polar surface area (TPSA) is 105 Å². The Morgan fingerprint density at radius 2 is 1.90 bits per heavy atom. The standard InChI is InChI=1S/C38H44FNO6S.CH4/c1-22(2)40-26-6-5-7-28(17-26)47-21-23-8-10-24(11-9-23)34-45-33-18-30-29-13-12-25-16-27(42)14-15-35(25,3)37(29,39)31(43)19-36(30,4)38(33,46-34)32(44)20-41;/h5-11,14-17,22,29-31,33-34,40-41,43H,12-13,18-21H2,1-4H3;1H4/t29-,30-,31-,33+,34+,35-,36-,37-,38+;/m0./s1. The first-order valence-electron chi connectivity index (χ1n) is 16.7. The first-order valence-corrected chi connectivity index (χ1v) is 17.7. The lowest BCUT2D eigenvalue weighted by Gasteiger charge is -2.62. The van der Waals surface area contributed by atoms with Crippen molar-refractivity contribution in [3.05, 3.63) is 83.5 Å². The van der Waals surface area contributed by atoms with Crippen LogP contribution >= 0.6 is 11.8 Å². The fourth-order valence-electron chi connectivity index (χ4n) is 9.67. The molecule has 1 heterocycles. The third-order valence-corrected chi connectivity index (χ3v) is 13.0. The third kappa shape index (κ3) is 5.06. The van der Waals surface area contributed by atoms with Gasteiger partial charge in [0, 0.05) is 44.7 Å². The second-order valence-electron chi connectivity index (χ2n) is 14.7. The molecule has 0 radical (unpaired) electrons. The number of aliphatic hydroxyl groups is 2. The van der Waals surface area contributed by atoms with Crippen molar-refractivity contribution in [1.82, 2.24) is 0 Å². The van der Waals surface area contributed by atoms with Crippen molar-refractivity contribution in [1.29, 1.82) is 0 Å². The molecule has 2 aromatic carbocycles. The molecule has 0 unspecified atom stereocenters. The summed E-state index contributed by atoms with van der Waals surface area (Å²) in [5.74, 6) is -0.815. The molecule has 0 aromatic heterocycles. The predicted octanol–water partition coefficient (Wildman–Crippen LogP) is 7.13. The fraction of sp³-hybridized carbons (Fsp3) is 0.538. The summed E-state index contributed by atoms with van der Waals surface area (Å²) < 4.78 is 30.8. The maximum Gasteiger partial charge on any atom is 0.193 e. The number of hydrogen-bond acceptors (Lipinski definition) is 8. The van der Waals surface area contributed by atoms with Gasteiger partial charge in [-0.25, -0.2) is 4.39 Å². The lowest BCUT2D eigenvalue weighted by Crippen LogP contribution is -2.69. The number of aliphatic hydroxyl groups excluding tert-OH is 2. The molecule has 4 fully saturated rings. The Bertz CT molecular complexity index is 1640. The minimum atomic E-state index is -2.03. The normalized spacial score (nSPS) is 38.0. The van der Waals surface area contributed by atoms with Gasteiger partial charge in [0.05, 0.1) is 12.2 Å². The van der Waals surface area contributed by atoms with Crippen LogP contribution in [0.5, 0.6) is 0 Å². The molecule has 9 heteroatoms. The van der Waals surface area contributed by atoms with Gasteiger partial charge in [-0.2, -0.15) is 0 Å². The summed E-state index contributed by atoms with van der Waals surface area (Å²) in [6.45, 7) is 7.16. The van der Waals surface area contributed by atoms with Crippen molar-refractivity contribution in [2.24, 2.45) is 22.7 Å². The number of ether oxygens (including phenoxy) is 2. The van der Waals surface area contributed by atoms with E-state index in [0.717, 1.165) is 22.6 Å². The summed E-state index contributed by atoms with van der Waals surface area (Å²) in [4.78, 5) is 27.1. The number of fused-ring (bicyclic) bond motifs is 7. The smallest absolute Gasteiger partial charge is 0.193 e. The number of allylic oxidation sites excluding steroid dienone is 4. The zero-order valence-electron chi connectivity index (χ0n) is 27.4. The van der Waals surface area contributed by atoms with E-state index in [1.165, 1.54) is 17.0 Å². The van der Waals surface area contributed by atoms with Crippen molar-refractivity contribution < 1.29 is 33.7 Å². The number of Topliss-reactive ketones (excluding diaryl/α,β-unsaturated/α-hetero) is 1. The van der Waals surface area contributed by atoms with Gasteiger partial charge in [0.25, 0.3) is 0 Å². The van der Waals surface area contributed by atoms with Crippen LogP contribution in [0.1, 0.15) is 78.2 Å². The van der Waals surface area contributed by atoms with E-state index < -0.39 is 58.9 Å². The number of anilines is 1. The lowest BCUT2D eigenvalue weighted by atomic mass is 9.44. The van der Waals surface area contributed by atoms with Gasteiger partial charge in [-0.3, -0.25) is 9.59 Å². The van der Waals surface area contributed by atoms with Crippen molar-refractivity contribution >= 4 is 29.0 Å². The van der Waals surface area contributed by atoms with E-state index in [1.807, 2.05) is 37.3 Å². The molecule has 7 nitrogen and oxygen atoms in total. The molecule has 0 amide bonds. The molecular weight excluding hydrogens is 629 g/mol. The van der Waals surface area contributed by atoms with E-state index in [-0.39, 0.29) is 25.5 Å². The summed E-state index contributed by atoms with van der Waals surface area (Å²) in [5.41, 5.74) is -1.99. The molecule has 5 aliphatic rings. The number of nitrogens with one attached hydrogen (secondary N) is 1. The Balaban J connectivity index is 0.00000401. The summed E-state index contributed by atoms with van der Waals surface area (Å²) in [6, 6.07) is 16.7. The molecule has 1 saturated heterocycles. The monoisotopic (exact) mass is 677 g/mol. The molecular formula is C39H48FNO6S. The van der Waals surface area contributed by atoms with Crippen LogP contribution in [-0.2, 0) is 24.8 Å². The molecule has 1 aliphatic heterocycles. The van der Waals surface area contributed by atoms with Crippen LogP contribution in [0.25, 0.3) is 0 Å². The van der Waals surface area contributed by atoms with Crippen molar-refractivity contribution in [2.75, 3.05) is 11.9 Å². The Hall–Kier alpha value is -2.82. The van der Waals surface area contributed by atoms with E-state index >= 15 is 4.39 Å². The number of alkyl halides is 1. The maximum absolute atomic E-state index is 17.6. The van der Waals surface area contributed by atoms with Gasteiger partial charge in [-0.15, -0.1) is 11.8 Å². The highest BCUT2D eigenvalue weighted by atomic mass is 32.2. The first kappa shape index (κ1) is 35.0. The van der Waals surface area contributed by atoms with Crippen molar-refractivity contribution in [2.45, 2.75) is 107 Å². The van der Waals surface area contributed by atoms with Crippen LogP contribution in [0, 0.1) is 22.7 Å². The molecule has 0 spiro atoms. The number of thioether (sulfide) groups is 1. The predicted molar refractivity (Wildman–Crippen MR) is 185 cm³/mol. The minimum Gasteiger partial charge on any atom is -0.390 e. The molecule has 0 bridgehead atoms. The number of rotatable bonds is 8. The van der Waals surface area contributed by atoms with Gasteiger partial charge >= 0.3 is 0 Å². The van der Waals surface area contributed by atoms with Crippen molar-refractivity contribution in [3.8, 4) is 0 Å². The average Bonchev–Trinajstić information content (AvgIpc) is 3.54. The Labute approximate surface area is 287 Å². The quantitative estimate of drug-likeness (QED) is 0.254. The van der Waals surface area contributed by atoms with Gasteiger partial charge in [-0.1, -0.05) is 56.3 Å². The van der Waals surface area contributed by atoms with Crippen LogP contribution in [0.15, 0.2) is 77.2 Å². The zero-order valence-corrected chi connectivity index (χ0v) is 28.2. The molecule has 7 rings (SSSR count). The van der Waals surface area contributed by atoms with E-state index in [9.17, 15) is 19.8 Å². The minimum absolute atomic E-state index is 0. The van der Waals surface area contributed by atoms with Crippen molar-refractivity contribution in [3.63, 3.8) is 0 Å². The molecule has 2 aromatic rings. The van der Waals surface area contributed by atoms with Crippen LogP contribution in [-0.4, -0.2) is 57.9 Å². The van der Waals surface area contributed by atoms with Crippen LogP contribution in [0.3, 0.4) is 0 Å². The number of carbonyl (C=O) groups excluding carboxylic acids is 2. The molecule has 48 heavy (non-hydrogen) atoms. The average molecular weight is 678 g/mol. The maximum atomic E-state index is 17.6. The third-order valence-electron chi connectivity index (χ3n) is 11.9. The number of benzene rings is 2. The Morgan fingerprint density at radius 3 is 2.60 bits per heavy atom. The summed E-state index contributed by atoms with van der Waals surface area (Å²) in [7, 11) is 0. The largest absolute Gasteiger partial charge is 0.390 e. The highest BCUT2D eigenvalue weighted by Gasteiger charge is 2.79. The van der Waals surface area contributed by atoms with Crippen LogP contribution < -0.4 is 5.32 Å². The highest BCUT2D eigenvalue weighted by molar-refractivity contribution is 7.98. The number of ketones is 2. The number of carbonyl (C=O) groups is 2. The van der Waals surface area contributed by atoms with E-state index in [4.69, 9.17) is 9.47 Å². The Morgan fingerprint density at radius 1 is 1.15 bits per heavy atom. The summed E-state index contributed by atoms with van der Waals surface area (Å²) in [5, 5.41) is 25.4. The second-order valence-corrected chi connectivity index (χ2v) is 15.8. The number of halogens is 1. The fourth-order valence-corrected chi connectivity index (χ4v) is 10.6. The summed E-state index contributed by atoms with van der Waals surface area (Å²) in [6.07, 6.45) is 2.90. The van der Waals surface area contributed by atoms with E-state index in [1.54, 1.807) is 24.8 Å². The molecule has 4 aliphatic carbocycles. The SMILES string of the molecule is C.CC(C)Nc1cccc(SCc2ccc([C@@H]3O[C@@H]4C[C@H]5[C@@H]6CCC7=CC(=O)C=C[C@]7(C)[C@@]6(F)[C@@H](O)C[C@]5(C)[C@]4(C(=O)CO)O3)cc2)c1. The molecule has 9 atom stereocenters. The van der Waals surface area contributed by atoms with Crippen LogP contribution in [0.4, 0.5) is 10.1 Å². The second kappa shape index (κ2) is 12.5. The van der Waals surface area contributed by atoms with Gasteiger partial charge in [0.2, 0.25) is 0 Å². The highest BCUT2D eigenvalue weighted by Crippen LogP contribution is 2.72. The van der Waals surface area contributed by atoms with E-state index in [2.05, 4.69) is 37.4 Å². The first-order chi connectivity index (χ1) is 22.4. The van der Waals surface area contributed by atoms with Gasteiger partial charge in [-0.05, 0) is 88.3 Å². The van der Waals surface area contributed by atoms with Gasteiger partial charge in [0.1, 0.15) is 6.61 Å². The number of hydrogen-bond donors (Lipinski definition) is 3. The lowest BCUT2D eigenvalue weighted by molar-refractivity contribution is -0.231. The Kier molecular flexibility index (Phi) is 9.12. The van der Waals surface area contributed by atoms with E-state index in [0.29, 0.717) is 30.9 Å². The molecule has 258 valence electrons. The molecule has 3 N–H and O–H groups in total. The van der Waals surface area contributed by atoms with Gasteiger partial charge in [0.15, 0.2) is 29.1 Å². The van der Waals surface area contributed by atoms with Gasteiger partial charge < -0.3 is 25.0 Å².